The molecule has 1 N–H and O–H groups in total. The van der Waals surface area contributed by atoms with Crippen molar-refractivity contribution in [2.45, 2.75) is 64.9 Å². The molecule has 0 bridgehead atoms. The highest BCUT2D eigenvalue weighted by Gasteiger charge is 2.40. The third-order valence-electron chi connectivity index (χ3n) is 6.96. The predicted octanol–water partition coefficient (Wildman–Crippen LogP) is 6.28. The molecule has 182 valence electrons. The standard InChI is InChI=1S/C29H30INO4/c1-3-34-25-15-19(14-20(30)29(25)35-16-18-12-10-17(2)11-13-18)26-27-21(6-4-8-23(27)32)31-22-7-5-9-24(33)28(22)26/h10-15,26,31H,3-9,16H2,1-2H3. The van der Waals surface area contributed by atoms with Crippen molar-refractivity contribution in [1.29, 1.82) is 0 Å². The summed E-state index contributed by atoms with van der Waals surface area (Å²) in [4.78, 5) is 26.3. The van der Waals surface area contributed by atoms with Crippen LogP contribution in [0.3, 0.4) is 0 Å². The van der Waals surface area contributed by atoms with E-state index in [1.54, 1.807) is 0 Å². The molecule has 2 aromatic carbocycles. The third kappa shape index (κ3) is 4.77. The van der Waals surface area contributed by atoms with Crippen LogP contribution in [0.4, 0.5) is 0 Å². The van der Waals surface area contributed by atoms with E-state index in [1.165, 1.54) is 5.56 Å². The molecule has 0 spiro atoms. The molecule has 0 fully saturated rings. The van der Waals surface area contributed by atoms with Gasteiger partial charge in [0.05, 0.1) is 10.2 Å². The molecule has 2 aliphatic carbocycles. The quantitative estimate of drug-likeness (QED) is 0.406. The molecule has 0 amide bonds. The second-order valence-electron chi connectivity index (χ2n) is 9.43. The van der Waals surface area contributed by atoms with Gasteiger partial charge in [-0.3, -0.25) is 9.59 Å². The van der Waals surface area contributed by atoms with Gasteiger partial charge >= 0.3 is 0 Å². The molecule has 1 aliphatic heterocycles. The van der Waals surface area contributed by atoms with Gasteiger partial charge in [0.15, 0.2) is 23.1 Å². The predicted molar refractivity (Wildman–Crippen MR) is 143 cm³/mol. The van der Waals surface area contributed by atoms with Gasteiger partial charge in [-0.15, -0.1) is 0 Å². The average molecular weight is 583 g/mol. The average Bonchev–Trinajstić information content (AvgIpc) is 2.84. The summed E-state index contributed by atoms with van der Waals surface area (Å²) in [6.07, 6.45) is 4.44. The zero-order chi connectivity index (χ0) is 24.5. The number of ether oxygens (including phenoxy) is 2. The van der Waals surface area contributed by atoms with Crippen molar-refractivity contribution < 1.29 is 19.1 Å². The van der Waals surface area contributed by atoms with Gasteiger partial charge in [-0.05, 0) is 85.4 Å². The lowest BCUT2D eigenvalue weighted by molar-refractivity contribution is -0.116. The summed E-state index contributed by atoms with van der Waals surface area (Å²) in [6, 6.07) is 12.3. The summed E-state index contributed by atoms with van der Waals surface area (Å²) in [7, 11) is 0. The van der Waals surface area contributed by atoms with E-state index in [4.69, 9.17) is 9.47 Å². The Morgan fingerprint density at radius 3 is 2.14 bits per heavy atom. The van der Waals surface area contributed by atoms with Crippen LogP contribution in [-0.2, 0) is 16.2 Å². The summed E-state index contributed by atoms with van der Waals surface area (Å²) in [5.74, 6) is 1.28. The van der Waals surface area contributed by atoms with Gasteiger partial charge in [0.2, 0.25) is 0 Å². The van der Waals surface area contributed by atoms with Crippen LogP contribution in [0.1, 0.15) is 68.1 Å². The van der Waals surface area contributed by atoms with E-state index in [9.17, 15) is 9.59 Å². The fourth-order valence-corrected chi connectivity index (χ4v) is 6.10. The maximum atomic E-state index is 13.1. The lowest BCUT2D eigenvalue weighted by atomic mass is 9.71. The first-order valence-corrected chi connectivity index (χ1v) is 13.5. The van der Waals surface area contributed by atoms with Crippen LogP contribution in [0, 0.1) is 10.5 Å². The molecule has 35 heavy (non-hydrogen) atoms. The molecular weight excluding hydrogens is 553 g/mol. The highest BCUT2D eigenvalue weighted by Crippen LogP contribution is 2.47. The minimum atomic E-state index is -0.347. The summed E-state index contributed by atoms with van der Waals surface area (Å²) < 4.78 is 13.2. The Bertz CT molecular complexity index is 1200. The van der Waals surface area contributed by atoms with Crippen LogP contribution >= 0.6 is 22.6 Å². The number of benzene rings is 2. The molecule has 0 radical (unpaired) electrons. The Morgan fingerprint density at radius 2 is 1.54 bits per heavy atom. The number of dihydropyridines is 1. The zero-order valence-corrected chi connectivity index (χ0v) is 22.4. The van der Waals surface area contributed by atoms with Gasteiger partial charge in [-0.25, -0.2) is 0 Å². The largest absolute Gasteiger partial charge is 0.490 e. The second-order valence-corrected chi connectivity index (χ2v) is 10.6. The summed E-state index contributed by atoms with van der Waals surface area (Å²) in [5.41, 5.74) is 6.73. The third-order valence-corrected chi connectivity index (χ3v) is 7.76. The van der Waals surface area contributed by atoms with E-state index in [0.717, 1.165) is 62.9 Å². The molecule has 0 saturated carbocycles. The van der Waals surface area contributed by atoms with Crippen molar-refractivity contribution in [3.05, 3.63) is 79.2 Å². The first kappa shape index (κ1) is 24.1. The van der Waals surface area contributed by atoms with E-state index in [1.807, 2.05) is 13.0 Å². The molecular formula is C29H30INO4. The fourth-order valence-electron chi connectivity index (χ4n) is 5.31. The Kier molecular flexibility index (Phi) is 7.00. The smallest absolute Gasteiger partial charge is 0.174 e. The molecule has 1 heterocycles. The van der Waals surface area contributed by atoms with Crippen LogP contribution in [0.25, 0.3) is 0 Å². The van der Waals surface area contributed by atoms with Gasteiger partial charge in [0.1, 0.15) is 6.61 Å². The molecule has 5 rings (SSSR count). The van der Waals surface area contributed by atoms with E-state index < -0.39 is 0 Å². The van der Waals surface area contributed by atoms with Gasteiger partial charge in [-0.2, -0.15) is 0 Å². The van der Waals surface area contributed by atoms with Crippen LogP contribution in [0.2, 0.25) is 0 Å². The molecule has 0 atom stereocenters. The van der Waals surface area contributed by atoms with Gasteiger partial charge in [0.25, 0.3) is 0 Å². The number of Topliss-reactive ketones (excluding diaryl/α,β-unsaturated/α-hetero) is 2. The number of aryl methyl sites for hydroxylation is 1. The van der Waals surface area contributed by atoms with Crippen LogP contribution in [0.5, 0.6) is 11.5 Å². The monoisotopic (exact) mass is 583 g/mol. The number of carbonyl (C=O) groups excluding carboxylic acids is 2. The molecule has 3 aliphatic rings. The van der Waals surface area contributed by atoms with E-state index in [-0.39, 0.29) is 17.5 Å². The van der Waals surface area contributed by atoms with Crippen molar-refractivity contribution in [2.75, 3.05) is 6.61 Å². The van der Waals surface area contributed by atoms with E-state index in [0.29, 0.717) is 37.6 Å². The minimum Gasteiger partial charge on any atom is -0.490 e. The number of rotatable bonds is 6. The lowest BCUT2D eigenvalue weighted by Gasteiger charge is -2.37. The second kappa shape index (κ2) is 10.2. The first-order valence-electron chi connectivity index (χ1n) is 12.4. The highest BCUT2D eigenvalue weighted by atomic mass is 127. The summed E-state index contributed by atoms with van der Waals surface area (Å²) in [5, 5.41) is 3.49. The molecule has 0 aromatic heterocycles. The van der Waals surface area contributed by atoms with Crippen molar-refractivity contribution in [1.82, 2.24) is 5.32 Å². The van der Waals surface area contributed by atoms with Crippen LogP contribution in [-0.4, -0.2) is 18.2 Å². The number of carbonyl (C=O) groups is 2. The maximum absolute atomic E-state index is 13.1. The van der Waals surface area contributed by atoms with Crippen molar-refractivity contribution in [3.8, 4) is 11.5 Å². The van der Waals surface area contributed by atoms with Crippen molar-refractivity contribution in [3.63, 3.8) is 0 Å². The van der Waals surface area contributed by atoms with Crippen LogP contribution < -0.4 is 14.8 Å². The van der Waals surface area contributed by atoms with E-state index >= 15 is 0 Å². The normalized spacial score (nSPS) is 18.3. The van der Waals surface area contributed by atoms with Gasteiger partial charge in [0, 0.05) is 41.3 Å². The summed E-state index contributed by atoms with van der Waals surface area (Å²) in [6.45, 7) is 4.94. The first-order chi connectivity index (χ1) is 17.0. The molecule has 0 unspecified atom stereocenters. The number of nitrogens with one attached hydrogen (secondary N) is 1. The van der Waals surface area contributed by atoms with Crippen molar-refractivity contribution >= 4 is 34.2 Å². The number of allylic oxidation sites excluding steroid dienone is 4. The Hall–Kier alpha value is -2.61. The Morgan fingerprint density at radius 1 is 0.914 bits per heavy atom. The number of hydrogen-bond acceptors (Lipinski definition) is 5. The topological polar surface area (TPSA) is 64.6 Å². The van der Waals surface area contributed by atoms with Gasteiger partial charge in [-0.1, -0.05) is 29.8 Å². The number of halogens is 1. The summed E-state index contributed by atoms with van der Waals surface area (Å²) >= 11 is 2.28. The number of ketones is 2. The molecule has 2 aromatic rings. The molecule has 0 saturated heterocycles. The maximum Gasteiger partial charge on any atom is 0.174 e. The minimum absolute atomic E-state index is 0.140. The van der Waals surface area contributed by atoms with Crippen molar-refractivity contribution in [2.24, 2.45) is 0 Å². The Labute approximate surface area is 220 Å². The van der Waals surface area contributed by atoms with Crippen LogP contribution in [0.15, 0.2) is 58.9 Å². The Balaban J connectivity index is 1.56. The molecule has 6 heteroatoms. The zero-order valence-electron chi connectivity index (χ0n) is 20.2. The SMILES string of the molecule is CCOc1cc(C2C3=C(CCCC3=O)NC3=C2C(=O)CCC3)cc(I)c1OCc1ccc(C)cc1. The van der Waals surface area contributed by atoms with E-state index in [2.05, 4.69) is 65.2 Å². The highest BCUT2D eigenvalue weighted by molar-refractivity contribution is 14.1. The molecule has 5 nitrogen and oxygen atoms in total. The van der Waals surface area contributed by atoms with Gasteiger partial charge < -0.3 is 14.8 Å². The lowest BCUT2D eigenvalue weighted by Crippen LogP contribution is -2.36. The number of hydrogen-bond donors (Lipinski definition) is 1. The fraction of sp³-hybridized carbons (Fsp3) is 0.379.